The van der Waals surface area contributed by atoms with Crippen molar-refractivity contribution in [1.82, 2.24) is 4.90 Å². The van der Waals surface area contributed by atoms with Gasteiger partial charge in [0.1, 0.15) is 0 Å². The van der Waals surface area contributed by atoms with E-state index in [9.17, 15) is 0 Å². The van der Waals surface area contributed by atoms with Crippen molar-refractivity contribution in [3.8, 4) is 0 Å². The molecule has 1 nitrogen and oxygen atoms in total. The minimum absolute atomic E-state index is 0.721. The van der Waals surface area contributed by atoms with Crippen molar-refractivity contribution in [1.29, 1.82) is 0 Å². The van der Waals surface area contributed by atoms with Gasteiger partial charge in [0.05, 0.1) is 0 Å². The van der Waals surface area contributed by atoms with Gasteiger partial charge < -0.3 is 0 Å². The monoisotopic (exact) mass is 293 g/mol. The Morgan fingerprint density at radius 2 is 1.64 bits per heavy atom. The first-order valence-corrected chi connectivity index (χ1v) is 8.71. The summed E-state index contributed by atoms with van der Waals surface area (Å²) in [5.41, 5.74) is 4.60. The molecule has 0 saturated carbocycles. The fourth-order valence-corrected chi connectivity index (χ4v) is 3.67. The van der Waals surface area contributed by atoms with Crippen LogP contribution in [0.5, 0.6) is 0 Å². The molecule has 0 N–H and O–H groups in total. The highest BCUT2D eigenvalue weighted by atomic mass is 15.1. The first-order valence-electron chi connectivity index (χ1n) is 8.71. The summed E-state index contributed by atoms with van der Waals surface area (Å²) in [6.07, 6.45) is 6.19. The molecule has 0 heterocycles. The van der Waals surface area contributed by atoms with Gasteiger partial charge in [-0.25, -0.2) is 0 Å². The molecule has 1 heteroatoms. The molecular weight excluding hydrogens is 266 g/mol. The number of hydrogen-bond donors (Lipinski definition) is 0. The molecular formula is C21H27N. The standard InChI is InChI=1S/C21H27N/c1-2-15-22(16-14-18-8-4-3-5-9-18)21-13-12-19-10-6-7-11-20(19)17-21/h3-11,21H,2,12-17H2,1H3. The van der Waals surface area contributed by atoms with Crippen LogP contribution in [0.15, 0.2) is 54.6 Å². The lowest BCUT2D eigenvalue weighted by Gasteiger charge is -2.35. The van der Waals surface area contributed by atoms with Crippen LogP contribution >= 0.6 is 0 Å². The van der Waals surface area contributed by atoms with Gasteiger partial charge in [-0.05, 0) is 55.3 Å². The van der Waals surface area contributed by atoms with Gasteiger partial charge in [-0.15, -0.1) is 0 Å². The van der Waals surface area contributed by atoms with E-state index in [2.05, 4.69) is 66.4 Å². The minimum atomic E-state index is 0.721. The topological polar surface area (TPSA) is 3.24 Å². The zero-order valence-electron chi connectivity index (χ0n) is 13.7. The fraction of sp³-hybridized carbons (Fsp3) is 0.429. The first-order chi connectivity index (χ1) is 10.9. The second-order valence-electron chi connectivity index (χ2n) is 6.44. The predicted molar refractivity (Wildman–Crippen MR) is 94.3 cm³/mol. The summed E-state index contributed by atoms with van der Waals surface area (Å²) in [7, 11) is 0. The molecule has 2 aromatic rings. The molecule has 0 spiro atoms. The van der Waals surface area contributed by atoms with Gasteiger partial charge in [0.15, 0.2) is 0 Å². The van der Waals surface area contributed by atoms with E-state index in [-0.39, 0.29) is 0 Å². The summed E-state index contributed by atoms with van der Waals surface area (Å²) in [5, 5.41) is 0. The van der Waals surface area contributed by atoms with Crippen LogP contribution in [0.2, 0.25) is 0 Å². The normalized spacial score (nSPS) is 17.5. The lowest BCUT2D eigenvalue weighted by Crippen LogP contribution is -2.41. The Labute approximate surface area is 135 Å². The molecule has 1 aliphatic carbocycles. The number of aryl methyl sites for hydroxylation is 1. The molecule has 2 aromatic carbocycles. The van der Waals surface area contributed by atoms with Crippen molar-refractivity contribution in [2.45, 2.75) is 45.1 Å². The molecule has 0 aliphatic heterocycles. The molecule has 0 amide bonds. The number of benzene rings is 2. The molecule has 116 valence electrons. The van der Waals surface area contributed by atoms with Gasteiger partial charge in [-0.3, -0.25) is 4.90 Å². The van der Waals surface area contributed by atoms with Crippen LogP contribution < -0.4 is 0 Å². The molecule has 1 unspecified atom stereocenters. The quantitative estimate of drug-likeness (QED) is 0.758. The highest BCUT2D eigenvalue weighted by molar-refractivity contribution is 5.30. The Morgan fingerprint density at radius 3 is 2.41 bits per heavy atom. The van der Waals surface area contributed by atoms with Gasteiger partial charge in [0.25, 0.3) is 0 Å². The lowest BCUT2D eigenvalue weighted by atomic mass is 9.87. The van der Waals surface area contributed by atoms with Crippen LogP contribution in [0, 0.1) is 0 Å². The third-order valence-electron chi connectivity index (χ3n) is 4.88. The third kappa shape index (κ3) is 3.78. The Bertz CT molecular complexity index is 575. The van der Waals surface area contributed by atoms with Gasteiger partial charge in [-0.1, -0.05) is 61.5 Å². The van der Waals surface area contributed by atoms with E-state index in [0.717, 1.165) is 6.04 Å². The zero-order chi connectivity index (χ0) is 15.2. The zero-order valence-corrected chi connectivity index (χ0v) is 13.7. The summed E-state index contributed by atoms with van der Waals surface area (Å²) >= 11 is 0. The molecule has 0 aromatic heterocycles. The summed E-state index contributed by atoms with van der Waals surface area (Å²) in [5.74, 6) is 0. The maximum atomic E-state index is 2.73. The van der Waals surface area contributed by atoms with E-state index in [4.69, 9.17) is 0 Å². The highest BCUT2D eigenvalue weighted by Gasteiger charge is 2.23. The molecule has 0 saturated heterocycles. The maximum absolute atomic E-state index is 2.73. The Kier molecular flexibility index (Phi) is 5.29. The Morgan fingerprint density at radius 1 is 0.909 bits per heavy atom. The third-order valence-corrected chi connectivity index (χ3v) is 4.88. The lowest BCUT2D eigenvalue weighted by molar-refractivity contribution is 0.182. The minimum Gasteiger partial charge on any atom is -0.300 e. The second kappa shape index (κ2) is 7.60. The van der Waals surface area contributed by atoms with E-state index in [0.29, 0.717) is 0 Å². The van der Waals surface area contributed by atoms with Gasteiger partial charge in [-0.2, -0.15) is 0 Å². The highest BCUT2D eigenvalue weighted by Crippen LogP contribution is 2.24. The van der Waals surface area contributed by atoms with Crippen molar-refractivity contribution in [2.24, 2.45) is 0 Å². The van der Waals surface area contributed by atoms with Gasteiger partial charge in [0.2, 0.25) is 0 Å². The van der Waals surface area contributed by atoms with Crippen LogP contribution in [0.1, 0.15) is 36.5 Å². The van der Waals surface area contributed by atoms with Gasteiger partial charge >= 0.3 is 0 Å². The van der Waals surface area contributed by atoms with Crippen LogP contribution in [-0.2, 0) is 19.3 Å². The van der Waals surface area contributed by atoms with Crippen molar-refractivity contribution < 1.29 is 0 Å². The van der Waals surface area contributed by atoms with Crippen LogP contribution in [0.3, 0.4) is 0 Å². The molecule has 22 heavy (non-hydrogen) atoms. The first kappa shape index (κ1) is 15.3. The SMILES string of the molecule is CCCN(CCc1ccccc1)C1CCc2ccccc2C1. The predicted octanol–water partition coefficient (Wildman–Crippen LogP) is 4.50. The van der Waals surface area contributed by atoms with Crippen molar-refractivity contribution >= 4 is 0 Å². The average Bonchev–Trinajstić information content (AvgIpc) is 2.59. The fourth-order valence-electron chi connectivity index (χ4n) is 3.67. The number of hydrogen-bond acceptors (Lipinski definition) is 1. The summed E-state index contributed by atoms with van der Waals surface area (Å²) in [6, 6.07) is 20.6. The molecule has 0 bridgehead atoms. The van der Waals surface area contributed by atoms with Crippen molar-refractivity contribution in [3.05, 3.63) is 71.3 Å². The van der Waals surface area contributed by atoms with E-state index < -0.39 is 0 Å². The molecule has 1 aliphatic rings. The Balaban J connectivity index is 1.64. The van der Waals surface area contributed by atoms with Crippen LogP contribution in [-0.4, -0.2) is 24.0 Å². The number of nitrogens with zero attached hydrogens (tertiary/aromatic N) is 1. The molecule has 0 fully saturated rings. The van der Waals surface area contributed by atoms with E-state index in [1.54, 1.807) is 11.1 Å². The Hall–Kier alpha value is -1.60. The summed E-state index contributed by atoms with van der Waals surface area (Å²) in [4.78, 5) is 2.73. The van der Waals surface area contributed by atoms with E-state index in [1.807, 2.05) is 0 Å². The molecule has 1 atom stereocenters. The number of fused-ring (bicyclic) bond motifs is 1. The van der Waals surface area contributed by atoms with E-state index >= 15 is 0 Å². The summed E-state index contributed by atoms with van der Waals surface area (Å²) in [6.45, 7) is 4.71. The van der Waals surface area contributed by atoms with Gasteiger partial charge in [0, 0.05) is 12.6 Å². The van der Waals surface area contributed by atoms with E-state index in [1.165, 1.54) is 50.8 Å². The van der Waals surface area contributed by atoms with Crippen LogP contribution in [0.4, 0.5) is 0 Å². The smallest absolute Gasteiger partial charge is 0.0139 e. The molecule has 0 radical (unpaired) electrons. The van der Waals surface area contributed by atoms with Crippen molar-refractivity contribution in [2.75, 3.05) is 13.1 Å². The maximum Gasteiger partial charge on any atom is 0.0139 e. The molecule has 3 rings (SSSR count). The number of rotatable bonds is 6. The second-order valence-corrected chi connectivity index (χ2v) is 6.44. The van der Waals surface area contributed by atoms with Crippen LogP contribution in [0.25, 0.3) is 0 Å². The largest absolute Gasteiger partial charge is 0.300 e. The summed E-state index contributed by atoms with van der Waals surface area (Å²) < 4.78 is 0. The average molecular weight is 293 g/mol. The van der Waals surface area contributed by atoms with Crippen molar-refractivity contribution in [3.63, 3.8) is 0 Å².